The van der Waals surface area contributed by atoms with Gasteiger partial charge in [-0.15, -0.1) is 0 Å². The lowest BCUT2D eigenvalue weighted by Crippen LogP contribution is -2.38. The highest BCUT2D eigenvalue weighted by molar-refractivity contribution is 5.81. The van der Waals surface area contributed by atoms with Gasteiger partial charge in [-0.1, -0.05) is 70.5 Å². The summed E-state index contributed by atoms with van der Waals surface area (Å²) in [5.74, 6) is 0.677. The molecule has 0 bridgehead atoms. The first-order valence-electron chi connectivity index (χ1n) is 11.7. The lowest BCUT2D eigenvalue weighted by molar-refractivity contribution is -0.128. The molecule has 1 fully saturated rings. The van der Waals surface area contributed by atoms with E-state index in [0.29, 0.717) is 13.0 Å². The fraction of sp³-hybridized carbons (Fsp3) is 0.519. The maximum absolute atomic E-state index is 12.8. The third-order valence-electron chi connectivity index (χ3n) is 6.08. The molecule has 0 aromatic heterocycles. The number of piperidine rings is 1. The number of ether oxygens (including phenoxy) is 1. The van der Waals surface area contributed by atoms with Gasteiger partial charge >= 0.3 is 0 Å². The Bertz CT molecular complexity index is 833. The largest absolute Gasteiger partial charge is 0.481 e. The van der Waals surface area contributed by atoms with E-state index >= 15 is 0 Å². The highest BCUT2D eigenvalue weighted by Gasteiger charge is 2.20. The van der Waals surface area contributed by atoms with E-state index < -0.39 is 6.10 Å². The molecule has 1 unspecified atom stereocenters. The Hall–Kier alpha value is -2.33. The van der Waals surface area contributed by atoms with Crippen LogP contribution in [0.3, 0.4) is 0 Å². The van der Waals surface area contributed by atoms with Crippen LogP contribution in [0.15, 0.2) is 48.5 Å². The molecule has 2 aromatic rings. The number of carbonyl (C=O) groups is 1. The van der Waals surface area contributed by atoms with Crippen molar-refractivity contribution in [2.24, 2.45) is 0 Å². The van der Waals surface area contributed by atoms with Gasteiger partial charge in [-0.2, -0.15) is 0 Å². The van der Waals surface area contributed by atoms with Gasteiger partial charge in [-0.3, -0.25) is 9.69 Å². The van der Waals surface area contributed by atoms with E-state index in [0.717, 1.165) is 12.3 Å². The van der Waals surface area contributed by atoms with Crippen molar-refractivity contribution in [1.82, 2.24) is 10.2 Å². The van der Waals surface area contributed by atoms with Gasteiger partial charge in [0.25, 0.3) is 5.91 Å². The van der Waals surface area contributed by atoms with Crippen LogP contribution in [0.1, 0.15) is 70.1 Å². The molecule has 3 rings (SSSR count). The number of rotatable bonds is 8. The molecule has 168 valence electrons. The Morgan fingerprint density at radius 2 is 1.65 bits per heavy atom. The van der Waals surface area contributed by atoms with Gasteiger partial charge in [0.1, 0.15) is 5.75 Å². The number of hydrogen-bond donors (Lipinski definition) is 1. The van der Waals surface area contributed by atoms with E-state index in [2.05, 4.69) is 61.3 Å². The summed E-state index contributed by atoms with van der Waals surface area (Å²) in [7, 11) is 0. The van der Waals surface area contributed by atoms with Crippen molar-refractivity contribution in [3.63, 3.8) is 0 Å². The first-order valence-corrected chi connectivity index (χ1v) is 11.7. The highest BCUT2D eigenvalue weighted by atomic mass is 16.5. The Balaban J connectivity index is 1.57. The molecule has 1 heterocycles. The lowest BCUT2D eigenvalue weighted by Gasteiger charge is -2.27. The molecule has 31 heavy (non-hydrogen) atoms. The molecule has 1 aliphatic rings. The predicted molar refractivity (Wildman–Crippen MR) is 127 cm³/mol. The summed E-state index contributed by atoms with van der Waals surface area (Å²) >= 11 is 0. The van der Waals surface area contributed by atoms with Gasteiger partial charge in [-0.25, -0.2) is 0 Å². The predicted octanol–water partition coefficient (Wildman–Crippen LogP) is 5.44. The fourth-order valence-corrected chi connectivity index (χ4v) is 4.06. The Morgan fingerprint density at radius 3 is 2.26 bits per heavy atom. The van der Waals surface area contributed by atoms with Crippen LogP contribution < -0.4 is 10.1 Å². The molecule has 4 nitrogen and oxygen atoms in total. The molecule has 1 saturated heterocycles. The van der Waals surface area contributed by atoms with Crippen molar-refractivity contribution in [1.29, 1.82) is 0 Å². The van der Waals surface area contributed by atoms with Gasteiger partial charge in [0.05, 0.1) is 0 Å². The maximum atomic E-state index is 12.8. The van der Waals surface area contributed by atoms with E-state index in [1.807, 2.05) is 25.1 Å². The van der Waals surface area contributed by atoms with Gasteiger partial charge in [0.15, 0.2) is 6.10 Å². The van der Waals surface area contributed by atoms with Crippen molar-refractivity contribution in [3.8, 4) is 5.75 Å². The van der Waals surface area contributed by atoms with E-state index in [1.165, 1.54) is 49.0 Å². The number of carbonyl (C=O) groups excluding carboxylic acids is 1. The summed E-state index contributed by atoms with van der Waals surface area (Å²) < 4.78 is 6.01. The van der Waals surface area contributed by atoms with Crippen LogP contribution in [0, 0.1) is 0 Å². The lowest BCUT2D eigenvalue weighted by atomic mass is 9.87. The zero-order chi connectivity index (χ0) is 22.3. The number of nitrogens with one attached hydrogen (secondary N) is 1. The van der Waals surface area contributed by atoms with Gasteiger partial charge in [0, 0.05) is 13.1 Å². The van der Waals surface area contributed by atoms with Gasteiger partial charge < -0.3 is 10.1 Å². The average Bonchev–Trinajstić information content (AvgIpc) is 2.77. The van der Waals surface area contributed by atoms with Crippen LogP contribution >= 0.6 is 0 Å². The Kier molecular flexibility index (Phi) is 8.14. The number of likely N-dealkylation sites (tertiary alicyclic amines) is 1. The van der Waals surface area contributed by atoms with Crippen LogP contribution in [0.25, 0.3) is 0 Å². The zero-order valence-electron chi connectivity index (χ0n) is 19.6. The summed E-state index contributed by atoms with van der Waals surface area (Å²) in [5, 5.41) is 3.10. The van der Waals surface area contributed by atoms with Crippen LogP contribution in [0.4, 0.5) is 0 Å². The summed E-state index contributed by atoms with van der Waals surface area (Å²) in [6.45, 7) is 12.4. The van der Waals surface area contributed by atoms with E-state index in [1.54, 1.807) is 0 Å². The Labute approximate surface area is 188 Å². The Morgan fingerprint density at radius 1 is 1.00 bits per heavy atom. The molecule has 1 aliphatic heterocycles. The number of benzene rings is 2. The highest BCUT2D eigenvalue weighted by Crippen LogP contribution is 2.25. The number of amides is 1. The molecule has 4 heteroatoms. The molecular weight excluding hydrogens is 384 g/mol. The van der Waals surface area contributed by atoms with Crippen molar-refractivity contribution in [3.05, 3.63) is 65.2 Å². The molecule has 1 amide bonds. The summed E-state index contributed by atoms with van der Waals surface area (Å²) in [6, 6.07) is 16.5. The van der Waals surface area contributed by atoms with Crippen LogP contribution in [-0.4, -0.2) is 30.0 Å². The minimum Gasteiger partial charge on any atom is -0.481 e. The molecule has 0 spiro atoms. The molecule has 1 atom stereocenters. The van der Waals surface area contributed by atoms with E-state index in [-0.39, 0.29) is 11.3 Å². The van der Waals surface area contributed by atoms with E-state index in [9.17, 15) is 4.79 Å². The number of hydrogen-bond acceptors (Lipinski definition) is 3. The van der Waals surface area contributed by atoms with Gasteiger partial charge in [0.2, 0.25) is 0 Å². The van der Waals surface area contributed by atoms with Crippen LogP contribution in [0.2, 0.25) is 0 Å². The second-order valence-electron chi connectivity index (χ2n) is 9.61. The average molecular weight is 423 g/mol. The zero-order valence-corrected chi connectivity index (χ0v) is 19.6. The topological polar surface area (TPSA) is 41.6 Å². The molecule has 2 aromatic carbocycles. The third-order valence-corrected chi connectivity index (χ3v) is 6.08. The molecule has 0 saturated carbocycles. The van der Waals surface area contributed by atoms with Crippen molar-refractivity contribution in [2.75, 3.05) is 13.1 Å². The molecular formula is C27H38N2O2. The third kappa shape index (κ3) is 6.83. The monoisotopic (exact) mass is 422 g/mol. The molecule has 0 aliphatic carbocycles. The second kappa shape index (κ2) is 10.8. The minimum atomic E-state index is -0.491. The molecule has 1 N–H and O–H groups in total. The van der Waals surface area contributed by atoms with E-state index in [4.69, 9.17) is 4.74 Å². The number of nitrogens with zero attached hydrogens (tertiary/aromatic N) is 1. The standard InChI is InChI=1S/C27H38N2O2/c1-5-25(31-24-15-13-23(14-16-24)27(2,3)4)26(30)28-19-21-11-7-8-12-22(21)20-29-17-9-6-10-18-29/h7-8,11-16,25H,5-6,9-10,17-20H2,1-4H3,(H,28,30). The SMILES string of the molecule is CCC(Oc1ccc(C(C)(C)C)cc1)C(=O)NCc1ccccc1CN1CCCCC1. The van der Waals surface area contributed by atoms with Crippen molar-refractivity contribution in [2.45, 2.75) is 78.0 Å². The minimum absolute atomic E-state index is 0.0600. The smallest absolute Gasteiger partial charge is 0.261 e. The van der Waals surface area contributed by atoms with Crippen LogP contribution in [-0.2, 0) is 23.3 Å². The summed E-state index contributed by atoms with van der Waals surface area (Å²) in [6.07, 6.45) is 4.04. The quantitative estimate of drug-likeness (QED) is 0.615. The first-order chi connectivity index (χ1) is 14.9. The molecule has 0 radical (unpaired) electrons. The van der Waals surface area contributed by atoms with Crippen molar-refractivity contribution < 1.29 is 9.53 Å². The fourth-order valence-electron chi connectivity index (χ4n) is 4.06. The second-order valence-corrected chi connectivity index (χ2v) is 9.61. The van der Waals surface area contributed by atoms with Crippen molar-refractivity contribution >= 4 is 5.91 Å². The summed E-state index contributed by atoms with van der Waals surface area (Å²) in [5.41, 5.74) is 3.84. The summed E-state index contributed by atoms with van der Waals surface area (Å²) in [4.78, 5) is 15.4. The first kappa shape index (κ1) is 23.3. The maximum Gasteiger partial charge on any atom is 0.261 e. The van der Waals surface area contributed by atoms with Crippen LogP contribution in [0.5, 0.6) is 5.75 Å². The van der Waals surface area contributed by atoms with Gasteiger partial charge in [-0.05, 0) is 66.6 Å². The normalized spacial score (nSPS) is 16.0.